The number of likely N-dealkylation sites (tertiary alicyclic amines) is 1. The lowest BCUT2D eigenvalue weighted by Crippen LogP contribution is -2.27. The molecule has 0 unspecified atom stereocenters. The Hall–Kier alpha value is -3.51. The maximum absolute atomic E-state index is 12.0. The molecule has 6 heteroatoms. The zero-order chi connectivity index (χ0) is 22.5. The van der Waals surface area contributed by atoms with Gasteiger partial charge < -0.3 is 9.47 Å². The molecule has 1 fully saturated rings. The van der Waals surface area contributed by atoms with Crippen molar-refractivity contribution in [3.63, 3.8) is 0 Å². The number of hydrogen-bond acceptors (Lipinski definition) is 4. The Kier molecular flexibility index (Phi) is 6.44. The number of amides is 1. The van der Waals surface area contributed by atoms with E-state index < -0.39 is 0 Å². The minimum Gasteiger partial charge on any atom is -0.343 e. The Morgan fingerprint density at radius 1 is 0.909 bits per heavy atom. The summed E-state index contributed by atoms with van der Waals surface area (Å²) in [6, 6.07) is 23.0. The number of benzene rings is 2. The van der Waals surface area contributed by atoms with Crippen molar-refractivity contribution in [3.8, 4) is 22.4 Å². The van der Waals surface area contributed by atoms with Crippen molar-refractivity contribution in [1.29, 1.82) is 0 Å². The summed E-state index contributed by atoms with van der Waals surface area (Å²) in [4.78, 5) is 24.0. The molecule has 0 saturated carbocycles. The van der Waals surface area contributed by atoms with Gasteiger partial charge in [0.2, 0.25) is 5.91 Å². The average Bonchev–Trinajstić information content (AvgIpc) is 3.46. The molecule has 5 rings (SSSR count). The summed E-state index contributed by atoms with van der Waals surface area (Å²) in [7, 11) is 0. The van der Waals surface area contributed by atoms with Crippen molar-refractivity contribution in [2.24, 2.45) is 4.99 Å². The largest absolute Gasteiger partial charge is 0.343 e. The van der Waals surface area contributed by atoms with E-state index >= 15 is 0 Å². The van der Waals surface area contributed by atoms with Crippen molar-refractivity contribution < 1.29 is 4.79 Å². The topological polar surface area (TPSA) is 50.5 Å². The molecule has 0 atom stereocenters. The number of aromatic nitrogens is 2. The summed E-state index contributed by atoms with van der Waals surface area (Å²) in [6.07, 6.45) is 6.10. The SMILES string of the molecule is O=C1CCCN1CCCn1c(-c2ccc(-c3ccccc3)cc2)csc1=Nc1cccnc1. The van der Waals surface area contributed by atoms with Gasteiger partial charge in [0, 0.05) is 37.6 Å². The predicted octanol–water partition coefficient (Wildman–Crippen LogP) is 5.52. The van der Waals surface area contributed by atoms with Gasteiger partial charge in [0.05, 0.1) is 17.6 Å². The van der Waals surface area contributed by atoms with E-state index in [9.17, 15) is 4.79 Å². The van der Waals surface area contributed by atoms with Crippen LogP contribution in [-0.2, 0) is 11.3 Å². The van der Waals surface area contributed by atoms with Crippen LogP contribution in [0.4, 0.5) is 5.69 Å². The summed E-state index contributed by atoms with van der Waals surface area (Å²) in [5.74, 6) is 0.280. The van der Waals surface area contributed by atoms with Crippen molar-refractivity contribution in [2.45, 2.75) is 25.8 Å². The van der Waals surface area contributed by atoms with Gasteiger partial charge in [-0.1, -0.05) is 54.6 Å². The monoisotopic (exact) mass is 454 g/mol. The molecule has 1 aliphatic heterocycles. The van der Waals surface area contributed by atoms with E-state index in [1.807, 2.05) is 23.1 Å². The zero-order valence-electron chi connectivity index (χ0n) is 18.4. The van der Waals surface area contributed by atoms with Crippen molar-refractivity contribution in [3.05, 3.63) is 89.3 Å². The molecular formula is C27H26N4OS. The number of hydrogen-bond donors (Lipinski definition) is 0. The quantitative estimate of drug-likeness (QED) is 0.369. The number of rotatable bonds is 7. The molecule has 0 radical (unpaired) electrons. The summed E-state index contributed by atoms with van der Waals surface area (Å²) in [6.45, 7) is 2.48. The number of pyridine rings is 1. The molecule has 3 heterocycles. The minimum atomic E-state index is 0.280. The smallest absolute Gasteiger partial charge is 0.222 e. The molecule has 166 valence electrons. The van der Waals surface area contributed by atoms with Crippen molar-refractivity contribution >= 4 is 22.9 Å². The van der Waals surface area contributed by atoms with Crippen LogP contribution >= 0.6 is 11.3 Å². The van der Waals surface area contributed by atoms with E-state index in [1.165, 1.54) is 11.1 Å². The third kappa shape index (κ3) is 4.96. The second-order valence-corrected chi connectivity index (χ2v) is 9.00. The predicted molar refractivity (Wildman–Crippen MR) is 133 cm³/mol. The molecule has 33 heavy (non-hydrogen) atoms. The van der Waals surface area contributed by atoms with Crippen molar-refractivity contribution in [1.82, 2.24) is 14.5 Å². The highest BCUT2D eigenvalue weighted by molar-refractivity contribution is 7.07. The van der Waals surface area contributed by atoms with Crippen LogP contribution in [0.15, 0.2) is 89.5 Å². The van der Waals surface area contributed by atoms with Gasteiger partial charge in [0.25, 0.3) is 0 Å². The molecule has 4 aromatic rings. The molecule has 2 aromatic carbocycles. The first-order chi connectivity index (χ1) is 16.3. The lowest BCUT2D eigenvalue weighted by molar-refractivity contribution is -0.127. The summed E-state index contributed by atoms with van der Waals surface area (Å²) in [5, 5.41) is 2.17. The third-order valence-corrected chi connectivity index (χ3v) is 6.80. The second kappa shape index (κ2) is 9.96. The molecule has 1 amide bonds. The lowest BCUT2D eigenvalue weighted by Gasteiger charge is -2.16. The number of carbonyl (C=O) groups is 1. The number of nitrogens with zero attached hydrogens (tertiary/aromatic N) is 4. The highest BCUT2D eigenvalue weighted by Gasteiger charge is 2.19. The van der Waals surface area contributed by atoms with E-state index in [0.717, 1.165) is 54.2 Å². The lowest BCUT2D eigenvalue weighted by atomic mass is 10.0. The maximum atomic E-state index is 12.0. The maximum Gasteiger partial charge on any atom is 0.222 e. The molecule has 1 saturated heterocycles. The van der Waals surface area contributed by atoms with Gasteiger partial charge in [-0.2, -0.15) is 0 Å². The van der Waals surface area contributed by atoms with E-state index in [4.69, 9.17) is 4.99 Å². The van der Waals surface area contributed by atoms with E-state index in [-0.39, 0.29) is 5.91 Å². The fourth-order valence-corrected chi connectivity index (χ4v) is 5.18. The van der Waals surface area contributed by atoms with E-state index in [0.29, 0.717) is 6.42 Å². The van der Waals surface area contributed by atoms with Crippen LogP contribution < -0.4 is 4.80 Å². The number of carbonyl (C=O) groups excluding carboxylic acids is 1. The van der Waals surface area contributed by atoms with E-state index in [1.54, 1.807) is 23.7 Å². The van der Waals surface area contributed by atoms with Crippen LogP contribution in [0, 0.1) is 0 Å². The van der Waals surface area contributed by atoms with Crippen LogP contribution in [0.2, 0.25) is 0 Å². The van der Waals surface area contributed by atoms with Crippen LogP contribution in [-0.4, -0.2) is 33.4 Å². The first-order valence-electron chi connectivity index (χ1n) is 11.3. The molecule has 0 N–H and O–H groups in total. The molecular weight excluding hydrogens is 428 g/mol. The zero-order valence-corrected chi connectivity index (χ0v) is 19.2. The van der Waals surface area contributed by atoms with Gasteiger partial charge >= 0.3 is 0 Å². The van der Waals surface area contributed by atoms with Crippen LogP contribution in [0.3, 0.4) is 0 Å². The van der Waals surface area contributed by atoms with Gasteiger partial charge in [-0.25, -0.2) is 4.99 Å². The first kappa shape index (κ1) is 21.3. The van der Waals surface area contributed by atoms with Crippen LogP contribution in [0.25, 0.3) is 22.4 Å². The first-order valence-corrected chi connectivity index (χ1v) is 12.2. The molecule has 1 aliphatic rings. The fraction of sp³-hybridized carbons (Fsp3) is 0.222. The fourth-order valence-electron chi connectivity index (χ4n) is 4.22. The summed E-state index contributed by atoms with van der Waals surface area (Å²) in [5.41, 5.74) is 5.57. The van der Waals surface area contributed by atoms with Gasteiger partial charge in [0.1, 0.15) is 0 Å². The molecule has 0 bridgehead atoms. The Morgan fingerprint density at radius 2 is 1.70 bits per heavy atom. The Morgan fingerprint density at radius 3 is 2.42 bits per heavy atom. The van der Waals surface area contributed by atoms with Gasteiger partial charge in [-0.15, -0.1) is 11.3 Å². The Bertz CT molecular complexity index is 1280. The number of thiazole rings is 1. The molecule has 5 nitrogen and oxygen atoms in total. The summed E-state index contributed by atoms with van der Waals surface area (Å²) >= 11 is 1.64. The third-order valence-electron chi connectivity index (χ3n) is 5.94. The average molecular weight is 455 g/mol. The standard InChI is InChI=1S/C27H26N4OS/c32-26-10-5-16-30(26)17-6-18-31-25(20-33-27(31)29-24-9-4-15-28-19-24)23-13-11-22(12-14-23)21-7-2-1-3-8-21/h1-4,7-9,11-15,19-20H,5-6,10,16-18H2. The van der Waals surface area contributed by atoms with Gasteiger partial charge in [0.15, 0.2) is 4.80 Å². The highest BCUT2D eigenvalue weighted by Crippen LogP contribution is 2.26. The van der Waals surface area contributed by atoms with Crippen LogP contribution in [0.5, 0.6) is 0 Å². The molecule has 0 aliphatic carbocycles. The minimum absolute atomic E-state index is 0.280. The van der Waals surface area contributed by atoms with Gasteiger partial charge in [-0.05, 0) is 41.7 Å². The Balaban J connectivity index is 1.45. The Labute approximate surface area is 197 Å². The van der Waals surface area contributed by atoms with Crippen LogP contribution in [0.1, 0.15) is 19.3 Å². The normalized spacial score (nSPS) is 14.2. The second-order valence-electron chi connectivity index (χ2n) is 8.16. The molecule has 0 spiro atoms. The summed E-state index contributed by atoms with van der Waals surface area (Å²) < 4.78 is 2.27. The molecule has 2 aromatic heterocycles. The van der Waals surface area contributed by atoms with Crippen molar-refractivity contribution in [2.75, 3.05) is 13.1 Å². The van der Waals surface area contributed by atoms with E-state index in [2.05, 4.69) is 63.5 Å². The van der Waals surface area contributed by atoms with Gasteiger partial charge in [-0.3, -0.25) is 9.78 Å². The highest BCUT2D eigenvalue weighted by atomic mass is 32.1.